The molecule has 0 aliphatic carbocycles. The van der Waals surface area contributed by atoms with Crippen LogP contribution >= 0.6 is 0 Å². The van der Waals surface area contributed by atoms with Gasteiger partial charge < -0.3 is 24.4 Å². The van der Waals surface area contributed by atoms with Gasteiger partial charge in [0.05, 0.1) is 18.6 Å². The molecule has 36 heavy (non-hydrogen) atoms. The Kier molecular flexibility index (Phi) is 8.67. The van der Waals surface area contributed by atoms with E-state index in [-0.39, 0.29) is 47.2 Å². The minimum atomic E-state index is -4.23. The summed E-state index contributed by atoms with van der Waals surface area (Å²) in [6.45, 7) is 2.88. The van der Waals surface area contributed by atoms with Gasteiger partial charge in [-0.05, 0) is 30.2 Å². The molecule has 2 N–H and O–H groups in total. The predicted molar refractivity (Wildman–Crippen MR) is 130 cm³/mol. The van der Waals surface area contributed by atoms with Gasteiger partial charge in [0, 0.05) is 6.54 Å². The lowest BCUT2D eigenvalue weighted by Crippen LogP contribution is -2.36. The highest BCUT2D eigenvalue weighted by Gasteiger charge is 2.34. The van der Waals surface area contributed by atoms with Gasteiger partial charge in [-0.25, -0.2) is 17.5 Å². The van der Waals surface area contributed by atoms with Crippen molar-refractivity contribution in [3.8, 4) is 23.1 Å². The van der Waals surface area contributed by atoms with Crippen molar-refractivity contribution >= 4 is 21.8 Å². The van der Waals surface area contributed by atoms with Crippen molar-refractivity contribution in [2.75, 3.05) is 31.2 Å². The van der Waals surface area contributed by atoms with Crippen LogP contribution in [0.4, 0.5) is 5.82 Å². The Morgan fingerprint density at radius 1 is 1.03 bits per heavy atom. The third kappa shape index (κ3) is 6.01. The van der Waals surface area contributed by atoms with Crippen LogP contribution in [0, 0.1) is 5.92 Å². The first-order chi connectivity index (χ1) is 17.2. The van der Waals surface area contributed by atoms with E-state index in [2.05, 4.69) is 9.97 Å². The van der Waals surface area contributed by atoms with E-state index < -0.39 is 28.4 Å². The molecule has 11 nitrogen and oxygen atoms in total. The van der Waals surface area contributed by atoms with Crippen LogP contribution in [-0.2, 0) is 10.0 Å². The number of sulfonamides is 1. The van der Waals surface area contributed by atoms with Crippen molar-refractivity contribution in [1.29, 1.82) is 0 Å². The summed E-state index contributed by atoms with van der Waals surface area (Å²) < 4.78 is 45.3. The fourth-order valence-electron chi connectivity index (χ4n) is 3.18. The molecule has 0 bridgehead atoms. The van der Waals surface area contributed by atoms with E-state index in [0.717, 1.165) is 4.31 Å². The molecule has 0 aliphatic rings. The highest BCUT2D eigenvalue weighted by molar-refractivity contribution is 7.92. The molecule has 1 aromatic heterocycles. The number of anilines is 1. The minimum Gasteiger partial charge on any atom is -0.493 e. The zero-order valence-electron chi connectivity index (χ0n) is 20.0. The van der Waals surface area contributed by atoms with Crippen molar-refractivity contribution in [2.45, 2.75) is 18.7 Å². The van der Waals surface area contributed by atoms with Crippen molar-refractivity contribution in [3.05, 3.63) is 60.4 Å². The molecule has 2 aromatic carbocycles. The molecule has 3 rings (SSSR count). The molecular formula is C24H27N3O8S. The van der Waals surface area contributed by atoms with Crippen LogP contribution in [0.3, 0.4) is 0 Å². The van der Waals surface area contributed by atoms with E-state index in [1.807, 2.05) is 0 Å². The second-order valence-corrected chi connectivity index (χ2v) is 9.74. The summed E-state index contributed by atoms with van der Waals surface area (Å²) in [5.41, 5.74) is 0. The van der Waals surface area contributed by atoms with Gasteiger partial charge in [-0.2, -0.15) is 9.97 Å². The fourth-order valence-corrected chi connectivity index (χ4v) is 4.78. The molecule has 192 valence electrons. The Balaban J connectivity index is 2.32. The number of hydrogen-bond donors (Lipinski definition) is 2. The van der Waals surface area contributed by atoms with Gasteiger partial charge in [0.15, 0.2) is 17.3 Å². The summed E-state index contributed by atoms with van der Waals surface area (Å²) in [5.74, 6) is -2.83. The highest BCUT2D eigenvalue weighted by atomic mass is 32.2. The number of para-hydroxylation sites is 2. The highest BCUT2D eigenvalue weighted by Crippen LogP contribution is 2.43. The Morgan fingerprint density at radius 3 is 2.25 bits per heavy atom. The average Bonchev–Trinajstić information content (AvgIpc) is 2.87. The summed E-state index contributed by atoms with van der Waals surface area (Å²) in [7, 11) is -2.79. The number of methoxy groups -OCH3 is 1. The zero-order chi connectivity index (χ0) is 26.3. The molecule has 12 heteroatoms. The monoisotopic (exact) mass is 517 g/mol. The van der Waals surface area contributed by atoms with E-state index in [9.17, 15) is 23.4 Å². The van der Waals surface area contributed by atoms with Gasteiger partial charge in [-0.15, -0.1) is 0 Å². The first-order valence-corrected chi connectivity index (χ1v) is 12.4. The van der Waals surface area contributed by atoms with Gasteiger partial charge in [-0.3, -0.25) is 0 Å². The fraction of sp³-hybridized carbons (Fsp3) is 0.292. The Morgan fingerprint density at radius 2 is 1.67 bits per heavy atom. The van der Waals surface area contributed by atoms with Crippen molar-refractivity contribution in [2.24, 2.45) is 5.92 Å². The zero-order valence-corrected chi connectivity index (χ0v) is 20.8. The predicted octanol–water partition coefficient (Wildman–Crippen LogP) is 3.20. The lowest BCUT2D eigenvalue weighted by atomic mass is 10.2. The summed E-state index contributed by atoms with van der Waals surface area (Å²) >= 11 is 0. The Labute approximate surface area is 209 Å². The molecular weight excluding hydrogens is 490 g/mol. The number of aromatic carboxylic acids is 1. The quantitative estimate of drug-likeness (QED) is 0.367. The second kappa shape index (κ2) is 11.7. The van der Waals surface area contributed by atoms with Gasteiger partial charge in [0.1, 0.15) is 6.61 Å². The maximum absolute atomic E-state index is 13.8. The minimum absolute atomic E-state index is 0.0257. The van der Waals surface area contributed by atoms with Gasteiger partial charge in [-0.1, -0.05) is 44.2 Å². The lowest BCUT2D eigenvalue weighted by Gasteiger charge is -2.27. The van der Waals surface area contributed by atoms with Gasteiger partial charge in [0.25, 0.3) is 15.9 Å². The molecule has 0 spiro atoms. The number of aliphatic hydroxyl groups excluding tert-OH is 1. The third-order valence-corrected chi connectivity index (χ3v) is 6.49. The van der Waals surface area contributed by atoms with Crippen molar-refractivity contribution in [1.82, 2.24) is 9.97 Å². The first kappa shape index (κ1) is 26.7. The van der Waals surface area contributed by atoms with E-state index in [4.69, 9.17) is 14.2 Å². The van der Waals surface area contributed by atoms with Crippen LogP contribution in [0.5, 0.6) is 23.1 Å². The lowest BCUT2D eigenvalue weighted by molar-refractivity contribution is 0.0681. The SMILES string of the molecule is COc1ccccc1Oc1c(OCCO)nc(C(=O)O)nc1N(CC(C)C)S(=O)(=O)c1ccccc1. The normalized spacial score (nSPS) is 11.2. The first-order valence-electron chi connectivity index (χ1n) is 11.0. The van der Waals surface area contributed by atoms with Crippen molar-refractivity contribution < 1.29 is 37.6 Å². The third-order valence-electron chi connectivity index (χ3n) is 4.72. The van der Waals surface area contributed by atoms with E-state index in [0.29, 0.717) is 5.75 Å². The maximum atomic E-state index is 13.8. The molecule has 0 atom stereocenters. The van der Waals surface area contributed by atoms with E-state index >= 15 is 0 Å². The second-order valence-electron chi connectivity index (χ2n) is 7.88. The molecule has 0 amide bonds. The number of benzene rings is 2. The Bertz CT molecular complexity index is 1300. The summed E-state index contributed by atoms with van der Waals surface area (Å²) in [5, 5.41) is 18.9. The topological polar surface area (TPSA) is 148 Å². The molecule has 0 unspecified atom stereocenters. The summed E-state index contributed by atoms with van der Waals surface area (Å²) in [4.78, 5) is 19.8. The molecule has 0 fully saturated rings. The number of carboxylic acids is 1. The number of carbonyl (C=O) groups is 1. The van der Waals surface area contributed by atoms with Crippen molar-refractivity contribution in [3.63, 3.8) is 0 Å². The van der Waals surface area contributed by atoms with Crippen LogP contribution < -0.4 is 18.5 Å². The number of hydrogen-bond acceptors (Lipinski definition) is 9. The van der Waals surface area contributed by atoms with Crippen LogP contribution in [0.2, 0.25) is 0 Å². The van der Waals surface area contributed by atoms with Crippen LogP contribution in [0.1, 0.15) is 24.5 Å². The number of nitrogens with zero attached hydrogens (tertiary/aromatic N) is 3. The number of rotatable bonds is 12. The van der Waals surface area contributed by atoms with Crippen LogP contribution in [0.25, 0.3) is 0 Å². The number of aliphatic hydroxyl groups is 1. The summed E-state index contributed by atoms with van der Waals surface area (Å²) in [6.07, 6.45) is 0. The average molecular weight is 518 g/mol. The standard InChI is InChI=1S/C24H27N3O8S/c1-16(2)15-27(36(31,32)17-9-5-4-6-10-17)22-20(35-19-12-8-7-11-18(19)33-3)23(34-14-13-28)26-21(25-22)24(29)30/h4-12,16,28H,13-15H2,1-3H3,(H,29,30). The molecule has 0 saturated carbocycles. The van der Waals surface area contributed by atoms with E-state index in [1.165, 1.54) is 19.2 Å². The molecule has 1 heterocycles. The molecule has 0 radical (unpaired) electrons. The number of aromatic nitrogens is 2. The summed E-state index contributed by atoms with van der Waals surface area (Å²) in [6, 6.07) is 14.3. The van der Waals surface area contributed by atoms with Gasteiger partial charge in [0.2, 0.25) is 11.6 Å². The maximum Gasteiger partial charge on any atom is 0.374 e. The van der Waals surface area contributed by atoms with Crippen LogP contribution in [0.15, 0.2) is 59.5 Å². The molecule has 0 saturated heterocycles. The molecule has 3 aromatic rings. The Hall–Kier alpha value is -3.90. The largest absolute Gasteiger partial charge is 0.493 e. The van der Waals surface area contributed by atoms with E-state index in [1.54, 1.807) is 56.3 Å². The van der Waals surface area contributed by atoms with Gasteiger partial charge >= 0.3 is 5.97 Å². The smallest absolute Gasteiger partial charge is 0.374 e. The number of carboxylic acid groups (broad SMARTS) is 1. The molecule has 0 aliphatic heterocycles. The van der Waals surface area contributed by atoms with Crippen LogP contribution in [-0.4, -0.2) is 61.4 Å². The number of ether oxygens (including phenoxy) is 3.